The van der Waals surface area contributed by atoms with Crippen LogP contribution in [0.4, 0.5) is 5.82 Å². The topological polar surface area (TPSA) is 95.4 Å². The normalized spacial score (nSPS) is 11.2. The number of anilines is 1. The summed E-state index contributed by atoms with van der Waals surface area (Å²) in [5.74, 6) is 1.40. The van der Waals surface area contributed by atoms with Crippen molar-refractivity contribution in [1.29, 1.82) is 0 Å². The van der Waals surface area contributed by atoms with Crippen LogP contribution in [0.5, 0.6) is 0 Å². The molecule has 0 radical (unpaired) electrons. The molecule has 20 heavy (non-hydrogen) atoms. The number of thioether (sulfide) groups is 1. The van der Waals surface area contributed by atoms with Crippen LogP contribution in [0.15, 0.2) is 17.0 Å². The third-order valence-corrected chi connectivity index (χ3v) is 4.76. The number of hydrogen-bond donors (Lipinski definition) is 1. The summed E-state index contributed by atoms with van der Waals surface area (Å²) in [5.41, 5.74) is 7.21. The van der Waals surface area contributed by atoms with E-state index in [1.54, 1.807) is 29.4 Å². The number of rotatable bonds is 5. The van der Waals surface area contributed by atoms with Gasteiger partial charge in [0.25, 0.3) is 0 Å². The third kappa shape index (κ3) is 2.73. The van der Waals surface area contributed by atoms with Gasteiger partial charge in [0, 0.05) is 12.3 Å². The molecule has 0 aliphatic heterocycles. The summed E-state index contributed by atoms with van der Waals surface area (Å²) < 4.78 is 3.02. The van der Waals surface area contributed by atoms with E-state index in [-0.39, 0.29) is 0 Å². The highest BCUT2D eigenvalue weighted by Crippen LogP contribution is 2.23. The molecule has 3 rings (SSSR count). The van der Waals surface area contributed by atoms with Crippen molar-refractivity contribution in [2.45, 2.75) is 24.2 Å². The molecule has 3 aromatic heterocycles. The SMILES string of the molecule is Cc1nnc(SCCCn2cnc3c(N)ncnc32)s1. The lowest BCUT2D eigenvalue weighted by molar-refractivity contribution is 0.696. The van der Waals surface area contributed by atoms with Gasteiger partial charge in [-0.25, -0.2) is 15.0 Å². The van der Waals surface area contributed by atoms with Crippen LogP contribution in [0.1, 0.15) is 11.4 Å². The number of nitrogens with two attached hydrogens (primary N) is 1. The van der Waals surface area contributed by atoms with Crippen LogP contribution in [0.2, 0.25) is 0 Å². The second kappa shape index (κ2) is 5.71. The van der Waals surface area contributed by atoms with Gasteiger partial charge in [-0.3, -0.25) is 0 Å². The summed E-state index contributed by atoms with van der Waals surface area (Å²) in [6.45, 7) is 2.81. The molecular formula is C11H13N7S2. The van der Waals surface area contributed by atoms with E-state index < -0.39 is 0 Å². The number of imidazole rings is 1. The fraction of sp³-hybridized carbons (Fsp3) is 0.364. The minimum absolute atomic E-state index is 0.424. The molecule has 3 heterocycles. The van der Waals surface area contributed by atoms with E-state index in [9.17, 15) is 0 Å². The van der Waals surface area contributed by atoms with Gasteiger partial charge in [-0.05, 0) is 13.3 Å². The van der Waals surface area contributed by atoms with E-state index in [0.717, 1.165) is 33.7 Å². The molecule has 2 N–H and O–H groups in total. The molecule has 0 saturated carbocycles. The van der Waals surface area contributed by atoms with Gasteiger partial charge in [-0.15, -0.1) is 10.2 Å². The first-order chi connectivity index (χ1) is 9.74. The van der Waals surface area contributed by atoms with Gasteiger partial charge in [-0.1, -0.05) is 23.1 Å². The average Bonchev–Trinajstić information content (AvgIpc) is 3.02. The van der Waals surface area contributed by atoms with E-state index in [1.807, 2.05) is 11.5 Å². The van der Waals surface area contributed by atoms with Gasteiger partial charge < -0.3 is 10.3 Å². The van der Waals surface area contributed by atoms with E-state index >= 15 is 0 Å². The molecule has 104 valence electrons. The maximum absolute atomic E-state index is 5.76. The van der Waals surface area contributed by atoms with Crippen LogP contribution in [0, 0.1) is 6.92 Å². The maximum Gasteiger partial charge on any atom is 0.174 e. The Balaban J connectivity index is 1.59. The summed E-state index contributed by atoms with van der Waals surface area (Å²) in [4.78, 5) is 12.4. The van der Waals surface area contributed by atoms with Crippen molar-refractivity contribution in [3.05, 3.63) is 17.7 Å². The second-order valence-electron chi connectivity index (χ2n) is 4.16. The first-order valence-corrected chi connectivity index (χ1v) is 7.88. The number of nitrogen functional groups attached to an aromatic ring is 1. The van der Waals surface area contributed by atoms with Crippen molar-refractivity contribution in [3.63, 3.8) is 0 Å². The Morgan fingerprint density at radius 3 is 3.00 bits per heavy atom. The Morgan fingerprint density at radius 1 is 1.30 bits per heavy atom. The molecule has 0 bridgehead atoms. The summed E-state index contributed by atoms with van der Waals surface area (Å²) in [6, 6.07) is 0. The van der Waals surface area contributed by atoms with E-state index in [4.69, 9.17) is 5.73 Å². The quantitative estimate of drug-likeness (QED) is 0.566. The van der Waals surface area contributed by atoms with Crippen LogP contribution in [-0.2, 0) is 6.54 Å². The van der Waals surface area contributed by atoms with Crippen molar-refractivity contribution < 1.29 is 0 Å². The molecule has 0 saturated heterocycles. The van der Waals surface area contributed by atoms with Gasteiger partial charge in [0.2, 0.25) is 0 Å². The monoisotopic (exact) mass is 307 g/mol. The van der Waals surface area contributed by atoms with Crippen LogP contribution in [-0.4, -0.2) is 35.5 Å². The molecule has 9 heteroatoms. The Labute approximate surface area is 123 Å². The van der Waals surface area contributed by atoms with Crippen molar-refractivity contribution in [2.75, 3.05) is 11.5 Å². The lowest BCUT2D eigenvalue weighted by Gasteiger charge is -2.02. The Kier molecular flexibility index (Phi) is 3.79. The zero-order valence-electron chi connectivity index (χ0n) is 10.9. The first kappa shape index (κ1) is 13.3. The van der Waals surface area contributed by atoms with Crippen molar-refractivity contribution >= 4 is 40.1 Å². The summed E-state index contributed by atoms with van der Waals surface area (Å²) in [7, 11) is 0. The molecule has 0 spiro atoms. The lowest BCUT2D eigenvalue weighted by atomic mass is 10.4. The summed E-state index contributed by atoms with van der Waals surface area (Å²) >= 11 is 3.35. The predicted octanol–water partition coefficient (Wildman–Crippen LogP) is 1.75. The number of fused-ring (bicyclic) bond motifs is 1. The molecule has 3 aromatic rings. The number of aromatic nitrogens is 6. The van der Waals surface area contributed by atoms with Crippen molar-refractivity contribution in [1.82, 2.24) is 29.7 Å². The smallest absolute Gasteiger partial charge is 0.174 e. The minimum atomic E-state index is 0.424. The molecule has 7 nitrogen and oxygen atoms in total. The number of nitrogens with zero attached hydrogens (tertiary/aromatic N) is 6. The van der Waals surface area contributed by atoms with Gasteiger partial charge >= 0.3 is 0 Å². The van der Waals surface area contributed by atoms with E-state index in [2.05, 4.69) is 25.1 Å². The largest absolute Gasteiger partial charge is 0.382 e. The Hall–Kier alpha value is -1.74. The maximum atomic E-state index is 5.76. The molecule has 0 aromatic carbocycles. The van der Waals surface area contributed by atoms with Crippen LogP contribution >= 0.6 is 23.1 Å². The highest BCUT2D eigenvalue weighted by atomic mass is 32.2. The lowest BCUT2D eigenvalue weighted by Crippen LogP contribution is -2.00. The van der Waals surface area contributed by atoms with E-state index in [0.29, 0.717) is 11.3 Å². The fourth-order valence-corrected chi connectivity index (χ4v) is 3.60. The molecule has 0 aliphatic carbocycles. The van der Waals surface area contributed by atoms with Gasteiger partial charge in [0.05, 0.1) is 6.33 Å². The van der Waals surface area contributed by atoms with Crippen LogP contribution in [0.3, 0.4) is 0 Å². The van der Waals surface area contributed by atoms with Crippen molar-refractivity contribution in [3.8, 4) is 0 Å². The van der Waals surface area contributed by atoms with Gasteiger partial charge in [0.1, 0.15) is 16.9 Å². The standard InChI is InChI=1S/C11H13N7S2/c1-7-16-17-11(20-7)19-4-2-3-18-6-15-8-9(12)13-5-14-10(8)18/h5-6H,2-4H2,1H3,(H2,12,13,14). The van der Waals surface area contributed by atoms with Gasteiger partial charge in [0.15, 0.2) is 15.8 Å². The minimum Gasteiger partial charge on any atom is -0.382 e. The average molecular weight is 307 g/mol. The van der Waals surface area contributed by atoms with Crippen LogP contribution < -0.4 is 5.73 Å². The third-order valence-electron chi connectivity index (χ3n) is 2.71. The van der Waals surface area contributed by atoms with Crippen molar-refractivity contribution in [2.24, 2.45) is 0 Å². The zero-order chi connectivity index (χ0) is 13.9. The molecule has 0 fully saturated rings. The Bertz CT molecular complexity index is 720. The number of aryl methyl sites for hydroxylation is 2. The highest BCUT2D eigenvalue weighted by Gasteiger charge is 2.07. The second-order valence-corrected chi connectivity index (χ2v) is 6.68. The summed E-state index contributed by atoms with van der Waals surface area (Å²) in [5, 5.41) is 9.08. The first-order valence-electron chi connectivity index (χ1n) is 6.08. The molecule has 0 atom stereocenters. The van der Waals surface area contributed by atoms with Crippen LogP contribution in [0.25, 0.3) is 11.2 Å². The highest BCUT2D eigenvalue weighted by molar-refractivity contribution is 8.01. The summed E-state index contributed by atoms with van der Waals surface area (Å²) in [6.07, 6.45) is 4.22. The Morgan fingerprint density at radius 2 is 2.20 bits per heavy atom. The molecule has 0 unspecified atom stereocenters. The predicted molar refractivity (Wildman–Crippen MR) is 79.7 cm³/mol. The molecule has 0 aliphatic rings. The zero-order valence-corrected chi connectivity index (χ0v) is 12.5. The number of hydrogen-bond acceptors (Lipinski definition) is 8. The molecule has 0 amide bonds. The van der Waals surface area contributed by atoms with Gasteiger partial charge in [-0.2, -0.15) is 0 Å². The fourth-order valence-electron chi connectivity index (χ4n) is 1.79. The molecular weight excluding hydrogens is 294 g/mol. The van der Waals surface area contributed by atoms with E-state index in [1.165, 1.54) is 6.33 Å².